The number of esters is 1. The Kier molecular flexibility index (Phi) is 2.25. The highest BCUT2D eigenvalue weighted by atomic mass is 19.1. The van der Waals surface area contributed by atoms with Crippen molar-refractivity contribution in [3.63, 3.8) is 0 Å². The lowest BCUT2D eigenvalue weighted by molar-refractivity contribution is -0.145. The molecule has 1 aliphatic carbocycles. The van der Waals surface area contributed by atoms with Crippen LogP contribution in [0.15, 0.2) is 0 Å². The SMILES string of the molecule is COC(=O)[C@H]1CC[C@H](F)C1. The van der Waals surface area contributed by atoms with Crippen molar-refractivity contribution in [3.8, 4) is 0 Å². The van der Waals surface area contributed by atoms with Gasteiger partial charge in [-0.2, -0.15) is 0 Å². The van der Waals surface area contributed by atoms with E-state index in [1.54, 1.807) is 0 Å². The van der Waals surface area contributed by atoms with Crippen LogP contribution >= 0.6 is 0 Å². The number of alkyl halides is 1. The van der Waals surface area contributed by atoms with Crippen LogP contribution in [0.2, 0.25) is 0 Å². The zero-order chi connectivity index (χ0) is 7.56. The number of hydrogen-bond donors (Lipinski definition) is 0. The molecule has 2 atom stereocenters. The molecule has 2 nitrogen and oxygen atoms in total. The van der Waals surface area contributed by atoms with Gasteiger partial charge in [0.15, 0.2) is 0 Å². The number of ether oxygens (including phenoxy) is 1. The van der Waals surface area contributed by atoms with Crippen LogP contribution in [0.4, 0.5) is 4.39 Å². The van der Waals surface area contributed by atoms with Gasteiger partial charge in [0.25, 0.3) is 0 Å². The van der Waals surface area contributed by atoms with E-state index in [4.69, 9.17) is 0 Å². The zero-order valence-corrected chi connectivity index (χ0v) is 5.97. The number of halogens is 1. The first-order valence-electron chi connectivity index (χ1n) is 3.46. The second-order valence-electron chi connectivity index (χ2n) is 2.63. The summed E-state index contributed by atoms with van der Waals surface area (Å²) in [7, 11) is 1.34. The van der Waals surface area contributed by atoms with Crippen LogP contribution in [0.3, 0.4) is 0 Å². The van der Waals surface area contributed by atoms with Crippen LogP contribution in [-0.2, 0) is 9.53 Å². The summed E-state index contributed by atoms with van der Waals surface area (Å²) in [6.45, 7) is 0. The minimum absolute atomic E-state index is 0.181. The van der Waals surface area contributed by atoms with Gasteiger partial charge in [-0.3, -0.25) is 4.79 Å². The molecular formula is C7H11FO2. The minimum atomic E-state index is -0.788. The van der Waals surface area contributed by atoms with E-state index in [1.807, 2.05) is 0 Å². The van der Waals surface area contributed by atoms with Crippen molar-refractivity contribution >= 4 is 5.97 Å². The molecule has 0 aromatic carbocycles. The lowest BCUT2D eigenvalue weighted by Crippen LogP contribution is -2.12. The van der Waals surface area contributed by atoms with Gasteiger partial charge in [-0.1, -0.05) is 0 Å². The largest absolute Gasteiger partial charge is 0.469 e. The molecule has 0 aliphatic heterocycles. The van der Waals surface area contributed by atoms with Gasteiger partial charge in [0.2, 0.25) is 0 Å². The summed E-state index contributed by atoms with van der Waals surface area (Å²) in [5.74, 6) is -0.444. The average molecular weight is 146 g/mol. The molecule has 0 heterocycles. The highest BCUT2D eigenvalue weighted by molar-refractivity contribution is 5.72. The summed E-state index contributed by atoms with van der Waals surface area (Å²) in [5.41, 5.74) is 0. The van der Waals surface area contributed by atoms with Gasteiger partial charge >= 0.3 is 5.97 Å². The molecule has 0 amide bonds. The molecule has 0 bridgehead atoms. The van der Waals surface area contributed by atoms with Gasteiger partial charge in [0.05, 0.1) is 13.0 Å². The molecule has 0 aromatic rings. The van der Waals surface area contributed by atoms with Gasteiger partial charge in [0, 0.05) is 0 Å². The van der Waals surface area contributed by atoms with E-state index in [-0.39, 0.29) is 11.9 Å². The Bertz CT molecular complexity index is 136. The third-order valence-electron chi connectivity index (χ3n) is 1.90. The number of carbonyl (C=O) groups is 1. The Hall–Kier alpha value is -0.600. The van der Waals surface area contributed by atoms with Crippen LogP contribution < -0.4 is 0 Å². The van der Waals surface area contributed by atoms with Crippen LogP contribution in [-0.4, -0.2) is 19.3 Å². The highest BCUT2D eigenvalue weighted by Crippen LogP contribution is 2.28. The van der Waals surface area contributed by atoms with Crippen molar-refractivity contribution in [2.75, 3.05) is 7.11 Å². The molecule has 0 radical (unpaired) electrons. The molecule has 10 heavy (non-hydrogen) atoms. The van der Waals surface area contributed by atoms with Crippen molar-refractivity contribution in [1.82, 2.24) is 0 Å². The van der Waals surface area contributed by atoms with Gasteiger partial charge in [-0.05, 0) is 19.3 Å². The first-order chi connectivity index (χ1) is 4.74. The fourth-order valence-corrected chi connectivity index (χ4v) is 1.31. The van der Waals surface area contributed by atoms with Crippen molar-refractivity contribution in [1.29, 1.82) is 0 Å². The fraction of sp³-hybridized carbons (Fsp3) is 0.857. The van der Waals surface area contributed by atoms with Gasteiger partial charge in [-0.25, -0.2) is 4.39 Å². The van der Waals surface area contributed by atoms with Crippen molar-refractivity contribution < 1.29 is 13.9 Å². The Balaban J connectivity index is 2.37. The Morgan fingerprint density at radius 3 is 2.70 bits per heavy atom. The second kappa shape index (κ2) is 2.99. The molecule has 0 N–H and O–H groups in total. The van der Waals surface area contributed by atoms with Gasteiger partial charge < -0.3 is 4.74 Å². The van der Waals surface area contributed by atoms with E-state index in [0.717, 1.165) is 0 Å². The molecular weight excluding hydrogens is 135 g/mol. The molecule has 1 aliphatic rings. The van der Waals surface area contributed by atoms with Crippen LogP contribution in [0.25, 0.3) is 0 Å². The lowest BCUT2D eigenvalue weighted by Gasteiger charge is -2.03. The summed E-state index contributed by atoms with van der Waals surface area (Å²) in [5, 5.41) is 0. The van der Waals surface area contributed by atoms with Crippen LogP contribution in [0.5, 0.6) is 0 Å². The summed E-state index contributed by atoms with van der Waals surface area (Å²) < 4.78 is 16.9. The van der Waals surface area contributed by atoms with E-state index in [1.165, 1.54) is 7.11 Å². The first kappa shape index (κ1) is 7.51. The first-order valence-corrected chi connectivity index (χ1v) is 3.46. The standard InChI is InChI=1S/C7H11FO2/c1-10-7(9)5-2-3-6(8)4-5/h5-6H,2-4H2,1H3/t5-,6-/m0/s1. The molecule has 1 saturated carbocycles. The highest BCUT2D eigenvalue weighted by Gasteiger charge is 2.30. The molecule has 3 heteroatoms. The third-order valence-corrected chi connectivity index (χ3v) is 1.90. The van der Waals surface area contributed by atoms with E-state index in [9.17, 15) is 9.18 Å². The quantitative estimate of drug-likeness (QED) is 0.521. The van der Waals surface area contributed by atoms with E-state index in [0.29, 0.717) is 19.3 Å². The van der Waals surface area contributed by atoms with Crippen molar-refractivity contribution in [2.45, 2.75) is 25.4 Å². The van der Waals surface area contributed by atoms with E-state index >= 15 is 0 Å². The lowest BCUT2D eigenvalue weighted by atomic mass is 10.1. The molecule has 1 rings (SSSR count). The molecule has 0 spiro atoms. The number of hydrogen-bond acceptors (Lipinski definition) is 2. The molecule has 1 fully saturated rings. The Labute approximate surface area is 59.4 Å². The summed E-state index contributed by atoms with van der Waals surface area (Å²) in [6, 6.07) is 0. The predicted octanol–water partition coefficient (Wildman–Crippen LogP) is 1.30. The van der Waals surface area contributed by atoms with Crippen LogP contribution in [0, 0.1) is 5.92 Å². The zero-order valence-electron chi connectivity index (χ0n) is 5.97. The van der Waals surface area contributed by atoms with E-state index < -0.39 is 6.17 Å². The average Bonchev–Trinajstić information content (AvgIpc) is 2.34. The summed E-state index contributed by atoms with van der Waals surface area (Å²) in [6.07, 6.45) is 0.726. The maximum Gasteiger partial charge on any atom is 0.308 e. The Morgan fingerprint density at radius 2 is 2.30 bits per heavy atom. The van der Waals surface area contributed by atoms with Gasteiger partial charge in [-0.15, -0.1) is 0 Å². The number of carbonyl (C=O) groups excluding carboxylic acids is 1. The van der Waals surface area contributed by atoms with E-state index in [2.05, 4.69) is 4.74 Å². The second-order valence-corrected chi connectivity index (χ2v) is 2.63. The maximum atomic E-state index is 12.5. The van der Waals surface area contributed by atoms with Crippen molar-refractivity contribution in [3.05, 3.63) is 0 Å². The molecule has 0 unspecified atom stereocenters. The smallest absolute Gasteiger partial charge is 0.308 e. The monoisotopic (exact) mass is 146 g/mol. The fourth-order valence-electron chi connectivity index (χ4n) is 1.31. The number of methoxy groups -OCH3 is 1. The minimum Gasteiger partial charge on any atom is -0.469 e. The van der Waals surface area contributed by atoms with Crippen LogP contribution in [0.1, 0.15) is 19.3 Å². The summed E-state index contributed by atoms with van der Waals surface area (Å²) >= 11 is 0. The molecule has 0 saturated heterocycles. The van der Waals surface area contributed by atoms with Gasteiger partial charge in [0.1, 0.15) is 6.17 Å². The number of rotatable bonds is 1. The third kappa shape index (κ3) is 1.46. The molecule has 58 valence electrons. The van der Waals surface area contributed by atoms with Crippen molar-refractivity contribution in [2.24, 2.45) is 5.92 Å². The topological polar surface area (TPSA) is 26.3 Å². The normalized spacial score (nSPS) is 32.2. The maximum absolute atomic E-state index is 12.5. The Morgan fingerprint density at radius 1 is 1.60 bits per heavy atom. The molecule has 0 aromatic heterocycles. The predicted molar refractivity (Wildman–Crippen MR) is 34.3 cm³/mol. The summed E-state index contributed by atoms with van der Waals surface area (Å²) in [4.78, 5) is 10.8.